The van der Waals surface area contributed by atoms with Gasteiger partial charge in [-0.25, -0.2) is 0 Å². The Morgan fingerprint density at radius 1 is 1.21 bits per heavy atom. The molecule has 0 spiro atoms. The number of ether oxygens (including phenoxy) is 1. The number of imide groups is 1. The fourth-order valence-electron chi connectivity index (χ4n) is 3.23. The number of benzene rings is 1. The number of likely N-dealkylation sites (tertiary alicyclic amines) is 1. The number of phenols is 1. The topological polar surface area (TPSA) is 87.2 Å². The summed E-state index contributed by atoms with van der Waals surface area (Å²) < 4.78 is 5.34. The van der Waals surface area contributed by atoms with Crippen LogP contribution in [0.3, 0.4) is 0 Å². The lowest BCUT2D eigenvalue weighted by molar-refractivity contribution is -0.135. The van der Waals surface area contributed by atoms with E-state index < -0.39 is 11.1 Å². The van der Waals surface area contributed by atoms with Crippen LogP contribution in [0.4, 0.5) is 4.79 Å². The summed E-state index contributed by atoms with van der Waals surface area (Å²) in [7, 11) is 0. The molecular formula is C20H24N2O5S. The minimum absolute atomic E-state index is 0.00940. The maximum absolute atomic E-state index is 12.6. The van der Waals surface area contributed by atoms with Gasteiger partial charge in [-0.15, -0.1) is 0 Å². The third-order valence-corrected chi connectivity index (χ3v) is 5.61. The number of hydrogen-bond acceptors (Lipinski definition) is 6. The first-order valence-corrected chi connectivity index (χ1v) is 10.3. The van der Waals surface area contributed by atoms with Gasteiger partial charge in [-0.2, -0.15) is 0 Å². The highest BCUT2D eigenvalue weighted by Crippen LogP contribution is 2.34. The first-order valence-electron chi connectivity index (χ1n) is 9.48. The SMILES string of the molecule is CCOc1cc(C=C2SC(=O)N(CC(=O)N3CCCCCC3)C2=O)ccc1O. The lowest BCUT2D eigenvalue weighted by Crippen LogP contribution is -2.42. The van der Waals surface area contributed by atoms with Gasteiger partial charge in [-0.05, 0) is 55.3 Å². The molecule has 0 saturated carbocycles. The number of carbonyl (C=O) groups is 3. The van der Waals surface area contributed by atoms with Crippen molar-refractivity contribution in [2.75, 3.05) is 26.2 Å². The molecule has 2 heterocycles. The Morgan fingerprint density at radius 3 is 2.61 bits per heavy atom. The first kappa shape index (κ1) is 20.3. The second kappa shape index (κ2) is 9.14. The molecule has 1 aromatic carbocycles. The number of aromatic hydroxyl groups is 1. The average Bonchev–Trinajstić information content (AvgIpc) is 2.88. The van der Waals surface area contributed by atoms with Crippen molar-refractivity contribution >= 4 is 34.9 Å². The molecule has 2 saturated heterocycles. The van der Waals surface area contributed by atoms with Crippen LogP contribution in [0.2, 0.25) is 0 Å². The third-order valence-electron chi connectivity index (χ3n) is 4.71. The zero-order valence-corrected chi connectivity index (χ0v) is 16.7. The normalized spacial score (nSPS) is 19.2. The zero-order chi connectivity index (χ0) is 20.1. The van der Waals surface area contributed by atoms with Gasteiger partial charge in [-0.1, -0.05) is 18.9 Å². The lowest BCUT2D eigenvalue weighted by Gasteiger charge is -2.22. The van der Waals surface area contributed by atoms with Crippen LogP contribution in [0.1, 0.15) is 38.2 Å². The monoisotopic (exact) mass is 404 g/mol. The quantitative estimate of drug-likeness (QED) is 0.758. The molecule has 3 rings (SSSR count). The fourth-order valence-corrected chi connectivity index (χ4v) is 4.07. The summed E-state index contributed by atoms with van der Waals surface area (Å²) in [5, 5.41) is 9.34. The summed E-state index contributed by atoms with van der Waals surface area (Å²) in [6.07, 6.45) is 5.69. The van der Waals surface area contributed by atoms with Crippen molar-refractivity contribution in [3.8, 4) is 11.5 Å². The van der Waals surface area contributed by atoms with Gasteiger partial charge in [0.25, 0.3) is 11.1 Å². The standard InChI is InChI=1S/C20H24N2O5S/c1-2-27-16-11-14(7-8-15(16)23)12-17-19(25)22(20(26)28-17)13-18(24)21-9-5-3-4-6-10-21/h7-8,11-12,23H,2-6,9-10,13H2,1H3. The van der Waals surface area contributed by atoms with Crippen LogP contribution in [0, 0.1) is 0 Å². The molecular weight excluding hydrogens is 380 g/mol. The summed E-state index contributed by atoms with van der Waals surface area (Å²) in [6.45, 7) is 3.34. The number of nitrogens with zero attached hydrogens (tertiary/aromatic N) is 2. The van der Waals surface area contributed by atoms with Crippen LogP contribution < -0.4 is 4.74 Å². The second-order valence-electron chi connectivity index (χ2n) is 6.72. The van der Waals surface area contributed by atoms with E-state index in [2.05, 4.69) is 0 Å². The molecule has 0 radical (unpaired) electrons. The van der Waals surface area contributed by atoms with Crippen LogP contribution in [0.25, 0.3) is 6.08 Å². The van der Waals surface area contributed by atoms with E-state index >= 15 is 0 Å². The summed E-state index contributed by atoms with van der Waals surface area (Å²) in [5.74, 6) is -0.333. The molecule has 2 fully saturated rings. The van der Waals surface area contributed by atoms with Crippen LogP contribution >= 0.6 is 11.8 Å². The highest BCUT2D eigenvalue weighted by molar-refractivity contribution is 8.18. The Kier molecular flexibility index (Phi) is 6.61. The molecule has 2 aliphatic rings. The van der Waals surface area contributed by atoms with E-state index in [4.69, 9.17) is 4.74 Å². The van der Waals surface area contributed by atoms with Gasteiger partial charge in [0.2, 0.25) is 5.91 Å². The molecule has 0 aliphatic carbocycles. The van der Waals surface area contributed by atoms with Crippen molar-refractivity contribution in [3.63, 3.8) is 0 Å². The Bertz CT molecular complexity index is 800. The van der Waals surface area contributed by atoms with E-state index in [1.54, 1.807) is 30.0 Å². The minimum atomic E-state index is -0.468. The van der Waals surface area contributed by atoms with Crippen LogP contribution in [-0.4, -0.2) is 58.2 Å². The maximum atomic E-state index is 12.6. The Hall–Kier alpha value is -2.48. The number of rotatable bonds is 5. The Balaban J connectivity index is 1.71. The highest BCUT2D eigenvalue weighted by Gasteiger charge is 2.37. The molecule has 8 heteroatoms. The highest BCUT2D eigenvalue weighted by atomic mass is 32.2. The van der Waals surface area contributed by atoms with Crippen molar-refractivity contribution < 1.29 is 24.2 Å². The molecule has 1 aromatic rings. The molecule has 7 nitrogen and oxygen atoms in total. The van der Waals surface area contributed by atoms with Gasteiger partial charge in [0.15, 0.2) is 11.5 Å². The Labute approximate surface area is 168 Å². The smallest absolute Gasteiger partial charge is 0.294 e. The first-order chi connectivity index (χ1) is 13.5. The van der Waals surface area contributed by atoms with Crippen LogP contribution in [-0.2, 0) is 9.59 Å². The number of carbonyl (C=O) groups excluding carboxylic acids is 3. The van der Waals surface area contributed by atoms with Crippen molar-refractivity contribution in [2.24, 2.45) is 0 Å². The molecule has 3 amide bonds. The minimum Gasteiger partial charge on any atom is -0.504 e. The van der Waals surface area contributed by atoms with Gasteiger partial charge in [0, 0.05) is 13.1 Å². The number of thioether (sulfide) groups is 1. The molecule has 28 heavy (non-hydrogen) atoms. The number of hydrogen-bond donors (Lipinski definition) is 1. The summed E-state index contributed by atoms with van der Waals surface area (Å²) in [4.78, 5) is 40.5. The maximum Gasteiger partial charge on any atom is 0.294 e. The summed E-state index contributed by atoms with van der Waals surface area (Å²) in [6, 6.07) is 4.72. The van der Waals surface area contributed by atoms with Crippen LogP contribution in [0.15, 0.2) is 23.1 Å². The molecule has 0 unspecified atom stereocenters. The van der Waals surface area contributed by atoms with Gasteiger partial charge >= 0.3 is 0 Å². The fraction of sp³-hybridized carbons (Fsp3) is 0.450. The van der Waals surface area contributed by atoms with Crippen LogP contribution in [0.5, 0.6) is 11.5 Å². The predicted molar refractivity (Wildman–Crippen MR) is 107 cm³/mol. The lowest BCUT2D eigenvalue weighted by atomic mass is 10.2. The second-order valence-corrected chi connectivity index (χ2v) is 7.72. The van der Waals surface area contributed by atoms with E-state index in [1.165, 1.54) is 6.07 Å². The van der Waals surface area contributed by atoms with Crippen molar-refractivity contribution in [1.29, 1.82) is 0 Å². The van der Waals surface area contributed by atoms with E-state index in [0.717, 1.165) is 42.3 Å². The predicted octanol–water partition coefficient (Wildman–Crippen LogP) is 3.23. The number of phenolic OH excluding ortho intramolecular Hbond substituents is 1. The van der Waals surface area contributed by atoms with Crippen molar-refractivity contribution in [2.45, 2.75) is 32.6 Å². The third kappa shape index (κ3) is 4.67. The average molecular weight is 404 g/mol. The molecule has 150 valence electrons. The number of amides is 3. The zero-order valence-electron chi connectivity index (χ0n) is 15.8. The Morgan fingerprint density at radius 2 is 1.93 bits per heavy atom. The van der Waals surface area contributed by atoms with Crippen molar-refractivity contribution in [1.82, 2.24) is 9.80 Å². The van der Waals surface area contributed by atoms with E-state index in [-0.39, 0.29) is 23.1 Å². The van der Waals surface area contributed by atoms with E-state index in [1.807, 2.05) is 0 Å². The van der Waals surface area contributed by atoms with Gasteiger partial charge in [0.1, 0.15) is 6.54 Å². The van der Waals surface area contributed by atoms with E-state index in [0.29, 0.717) is 31.0 Å². The molecule has 0 bridgehead atoms. The van der Waals surface area contributed by atoms with Gasteiger partial charge in [-0.3, -0.25) is 19.3 Å². The molecule has 1 N–H and O–H groups in total. The molecule has 0 aromatic heterocycles. The molecule has 2 aliphatic heterocycles. The summed E-state index contributed by atoms with van der Waals surface area (Å²) >= 11 is 0.817. The van der Waals surface area contributed by atoms with E-state index in [9.17, 15) is 19.5 Å². The van der Waals surface area contributed by atoms with Crippen molar-refractivity contribution in [3.05, 3.63) is 28.7 Å². The van der Waals surface area contributed by atoms with Gasteiger partial charge in [0.05, 0.1) is 11.5 Å². The van der Waals surface area contributed by atoms with Gasteiger partial charge < -0.3 is 14.7 Å². The molecule has 0 atom stereocenters. The largest absolute Gasteiger partial charge is 0.504 e. The summed E-state index contributed by atoms with van der Waals surface area (Å²) in [5.41, 5.74) is 0.630.